The number of benzene rings is 1. The average Bonchev–Trinajstić information content (AvgIpc) is 3.23. The molecule has 8 heteroatoms. The summed E-state index contributed by atoms with van der Waals surface area (Å²) < 4.78 is 15.3. The summed E-state index contributed by atoms with van der Waals surface area (Å²) in [5, 5.41) is 3.50. The van der Waals surface area contributed by atoms with Crippen LogP contribution in [0.3, 0.4) is 0 Å². The lowest BCUT2D eigenvalue weighted by Crippen LogP contribution is -2.33. The van der Waals surface area contributed by atoms with Gasteiger partial charge in [-0.2, -0.15) is 0 Å². The number of nitrogens with two attached hydrogens (primary N) is 1. The van der Waals surface area contributed by atoms with E-state index in [4.69, 9.17) is 10.8 Å². The fourth-order valence-corrected chi connectivity index (χ4v) is 3.51. The number of nitrogens with zero attached hydrogens (tertiary/aromatic N) is 5. The lowest BCUT2D eigenvalue weighted by atomic mass is 10.1. The van der Waals surface area contributed by atoms with Crippen molar-refractivity contribution in [2.75, 3.05) is 11.6 Å². The molecule has 0 saturated heterocycles. The summed E-state index contributed by atoms with van der Waals surface area (Å²) in [5.74, 6) is 6.21. The predicted octanol–water partition coefficient (Wildman–Crippen LogP) is 3.75. The second kappa shape index (κ2) is 6.81. The van der Waals surface area contributed by atoms with Crippen molar-refractivity contribution in [3.8, 4) is 22.6 Å². The summed E-state index contributed by atoms with van der Waals surface area (Å²) in [7, 11) is 0. The molecule has 4 rings (SSSR count). The van der Waals surface area contributed by atoms with E-state index < -0.39 is 0 Å². The molecule has 132 valence electrons. The van der Waals surface area contributed by atoms with E-state index in [0.29, 0.717) is 18.2 Å². The van der Waals surface area contributed by atoms with Crippen molar-refractivity contribution < 1.29 is 4.39 Å². The zero-order valence-electron chi connectivity index (χ0n) is 14.1. The number of hydrazine groups is 1. The van der Waals surface area contributed by atoms with Gasteiger partial charge in [0.05, 0.1) is 11.4 Å². The molecular formula is C18H17FN6S. The van der Waals surface area contributed by atoms with Gasteiger partial charge in [-0.1, -0.05) is 6.92 Å². The fraction of sp³-hybridized carbons (Fsp3) is 0.167. The van der Waals surface area contributed by atoms with E-state index in [-0.39, 0.29) is 5.82 Å². The van der Waals surface area contributed by atoms with Gasteiger partial charge >= 0.3 is 0 Å². The monoisotopic (exact) mass is 368 g/mol. The van der Waals surface area contributed by atoms with Crippen LogP contribution in [0, 0.1) is 5.82 Å². The Kier molecular flexibility index (Phi) is 4.36. The van der Waals surface area contributed by atoms with Crippen LogP contribution >= 0.6 is 11.3 Å². The molecular weight excluding hydrogens is 351 g/mol. The number of rotatable bonds is 5. The van der Waals surface area contributed by atoms with Crippen LogP contribution in [0.25, 0.3) is 27.6 Å². The van der Waals surface area contributed by atoms with Crippen LogP contribution < -0.4 is 10.9 Å². The minimum absolute atomic E-state index is 0.279. The molecule has 0 aliphatic rings. The van der Waals surface area contributed by atoms with Gasteiger partial charge in [0.2, 0.25) is 5.95 Å². The van der Waals surface area contributed by atoms with Gasteiger partial charge < -0.3 is 0 Å². The molecule has 0 atom stereocenters. The third-order valence-corrected chi connectivity index (χ3v) is 4.74. The van der Waals surface area contributed by atoms with Crippen molar-refractivity contribution in [3.05, 3.63) is 53.9 Å². The van der Waals surface area contributed by atoms with Gasteiger partial charge in [0.15, 0.2) is 4.96 Å². The van der Waals surface area contributed by atoms with E-state index in [2.05, 4.69) is 9.97 Å². The number of hydrogen-bond acceptors (Lipinski definition) is 6. The molecule has 0 radical (unpaired) electrons. The van der Waals surface area contributed by atoms with Gasteiger partial charge in [-0.25, -0.2) is 25.2 Å². The first-order valence-corrected chi connectivity index (χ1v) is 9.12. The third kappa shape index (κ3) is 2.93. The number of hydrogen-bond donors (Lipinski definition) is 1. The first kappa shape index (κ1) is 16.6. The molecule has 0 unspecified atom stereocenters. The van der Waals surface area contributed by atoms with E-state index in [1.807, 2.05) is 29.0 Å². The Bertz CT molecular complexity index is 1040. The maximum absolute atomic E-state index is 13.3. The molecule has 3 heterocycles. The van der Waals surface area contributed by atoms with E-state index >= 15 is 0 Å². The molecule has 0 amide bonds. The molecule has 4 aromatic rings. The van der Waals surface area contributed by atoms with Crippen LogP contribution in [0.2, 0.25) is 0 Å². The molecule has 0 aliphatic heterocycles. The quantitative estimate of drug-likeness (QED) is 0.429. The van der Waals surface area contributed by atoms with Gasteiger partial charge in [-0.3, -0.25) is 9.41 Å². The van der Waals surface area contributed by atoms with Crippen LogP contribution in [0.5, 0.6) is 0 Å². The second-order valence-electron chi connectivity index (χ2n) is 5.81. The molecule has 0 fully saturated rings. The summed E-state index contributed by atoms with van der Waals surface area (Å²) in [5.41, 5.74) is 3.13. The Hall–Kier alpha value is -2.84. The standard InChI is InChI=1S/C18H17FN6S/c1-2-9-25(20)17-21-8-7-14(22-17)16-15(12-3-5-13(19)6-4-12)23-18-24(16)10-11-26-18/h3-8,10-11H,2,9,20H2,1H3. The average molecular weight is 368 g/mol. The zero-order chi connectivity index (χ0) is 18.1. The molecule has 2 N–H and O–H groups in total. The SMILES string of the molecule is CCCN(N)c1nccc(-c2c(-c3ccc(F)cc3)nc3sccn23)n1. The van der Waals surface area contributed by atoms with Crippen LogP contribution in [0.1, 0.15) is 13.3 Å². The highest BCUT2D eigenvalue weighted by Gasteiger charge is 2.19. The topological polar surface area (TPSA) is 72.3 Å². The van der Waals surface area contributed by atoms with E-state index in [1.165, 1.54) is 28.5 Å². The van der Waals surface area contributed by atoms with E-state index in [1.54, 1.807) is 18.3 Å². The molecule has 0 spiro atoms. The van der Waals surface area contributed by atoms with Crippen molar-refractivity contribution in [2.45, 2.75) is 13.3 Å². The first-order chi connectivity index (χ1) is 12.7. The molecule has 0 saturated carbocycles. The van der Waals surface area contributed by atoms with Crippen molar-refractivity contribution in [1.82, 2.24) is 19.4 Å². The first-order valence-electron chi connectivity index (χ1n) is 8.24. The van der Waals surface area contributed by atoms with Gasteiger partial charge in [-0.15, -0.1) is 11.3 Å². The second-order valence-corrected chi connectivity index (χ2v) is 6.68. The van der Waals surface area contributed by atoms with Crippen molar-refractivity contribution in [2.24, 2.45) is 5.84 Å². The smallest absolute Gasteiger partial charge is 0.240 e. The summed E-state index contributed by atoms with van der Waals surface area (Å²) in [6.45, 7) is 2.71. The molecule has 6 nitrogen and oxygen atoms in total. The van der Waals surface area contributed by atoms with Crippen molar-refractivity contribution in [1.29, 1.82) is 0 Å². The highest BCUT2D eigenvalue weighted by molar-refractivity contribution is 7.15. The fourth-order valence-electron chi connectivity index (χ4n) is 2.80. The maximum Gasteiger partial charge on any atom is 0.240 e. The molecule has 0 bridgehead atoms. The Morgan fingerprint density at radius 2 is 2.00 bits per heavy atom. The number of fused-ring (bicyclic) bond motifs is 1. The molecule has 1 aromatic carbocycles. The summed E-state index contributed by atoms with van der Waals surface area (Å²) in [6, 6.07) is 8.14. The summed E-state index contributed by atoms with van der Waals surface area (Å²) in [6.07, 6.45) is 4.53. The van der Waals surface area contributed by atoms with Gasteiger partial charge in [0, 0.05) is 29.9 Å². The Balaban J connectivity index is 1.88. The van der Waals surface area contributed by atoms with Crippen LogP contribution in [0.4, 0.5) is 10.3 Å². The maximum atomic E-state index is 13.3. The van der Waals surface area contributed by atoms with E-state index in [0.717, 1.165) is 28.3 Å². The van der Waals surface area contributed by atoms with Crippen LogP contribution in [0.15, 0.2) is 48.1 Å². The summed E-state index contributed by atoms with van der Waals surface area (Å²) in [4.78, 5) is 14.4. The summed E-state index contributed by atoms with van der Waals surface area (Å²) >= 11 is 1.53. The molecule has 26 heavy (non-hydrogen) atoms. The van der Waals surface area contributed by atoms with Gasteiger partial charge in [0.1, 0.15) is 11.5 Å². The lowest BCUT2D eigenvalue weighted by Gasteiger charge is -2.15. The number of anilines is 1. The predicted molar refractivity (Wildman–Crippen MR) is 101 cm³/mol. The molecule has 0 aliphatic carbocycles. The van der Waals surface area contributed by atoms with Gasteiger partial charge in [0.25, 0.3) is 0 Å². The highest BCUT2D eigenvalue weighted by Crippen LogP contribution is 2.33. The lowest BCUT2D eigenvalue weighted by molar-refractivity contribution is 0.628. The normalized spacial score (nSPS) is 11.2. The number of imidazole rings is 1. The zero-order valence-corrected chi connectivity index (χ0v) is 14.9. The number of thiazole rings is 1. The number of aromatic nitrogens is 4. The Morgan fingerprint density at radius 3 is 2.77 bits per heavy atom. The number of halogens is 1. The molecule has 3 aromatic heterocycles. The van der Waals surface area contributed by atoms with E-state index in [9.17, 15) is 4.39 Å². The van der Waals surface area contributed by atoms with Gasteiger partial charge in [-0.05, 0) is 36.8 Å². The van der Waals surface area contributed by atoms with Crippen molar-refractivity contribution >= 4 is 22.2 Å². The Morgan fingerprint density at radius 1 is 1.19 bits per heavy atom. The largest absolute Gasteiger partial charge is 0.288 e. The third-order valence-electron chi connectivity index (χ3n) is 3.99. The minimum Gasteiger partial charge on any atom is -0.288 e. The Labute approximate surface area is 153 Å². The van der Waals surface area contributed by atoms with Crippen molar-refractivity contribution in [3.63, 3.8) is 0 Å². The van der Waals surface area contributed by atoms with Crippen LogP contribution in [-0.4, -0.2) is 25.9 Å². The minimum atomic E-state index is -0.279. The van der Waals surface area contributed by atoms with Crippen LogP contribution in [-0.2, 0) is 0 Å². The highest BCUT2D eigenvalue weighted by atomic mass is 32.1.